The van der Waals surface area contributed by atoms with Crippen molar-refractivity contribution in [3.05, 3.63) is 88.7 Å². The van der Waals surface area contributed by atoms with Crippen LogP contribution in [0.3, 0.4) is 0 Å². The maximum atomic E-state index is 13.3. The Morgan fingerprint density at radius 1 is 0.889 bits per heavy atom. The Morgan fingerprint density at radius 3 is 2.48 bits per heavy atom. The van der Waals surface area contributed by atoms with E-state index in [9.17, 15) is 4.39 Å². The summed E-state index contributed by atoms with van der Waals surface area (Å²) in [6, 6.07) is 18.6. The molecule has 140 valence electrons. The first-order valence-electron chi connectivity index (χ1n) is 8.90. The minimum atomic E-state index is -0.268. The second-order valence-electron chi connectivity index (χ2n) is 6.58. The zero-order valence-corrected chi connectivity index (χ0v) is 15.9. The van der Waals surface area contributed by atoms with Crippen LogP contribution in [0.4, 0.5) is 10.1 Å². The highest BCUT2D eigenvalue weighted by Crippen LogP contribution is 2.29. The maximum Gasteiger partial charge on any atom is 0.161 e. The zero-order chi connectivity index (χ0) is 19.2. The van der Waals surface area contributed by atoms with Crippen molar-refractivity contribution in [1.82, 2.24) is 0 Å². The molecule has 27 heavy (non-hydrogen) atoms. The molecule has 0 spiro atoms. The third kappa shape index (κ3) is 5.00. The number of ether oxygens (including phenoxy) is 2. The van der Waals surface area contributed by atoms with Crippen LogP contribution in [0.1, 0.15) is 22.3 Å². The molecule has 0 atom stereocenters. The van der Waals surface area contributed by atoms with E-state index in [2.05, 4.69) is 37.4 Å². The van der Waals surface area contributed by atoms with Gasteiger partial charge in [0.15, 0.2) is 11.5 Å². The van der Waals surface area contributed by atoms with Crippen LogP contribution in [0.25, 0.3) is 0 Å². The Morgan fingerprint density at radius 2 is 1.74 bits per heavy atom. The number of benzene rings is 3. The summed E-state index contributed by atoms with van der Waals surface area (Å²) >= 11 is 0. The lowest BCUT2D eigenvalue weighted by molar-refractivity contribution is 0.284. The third-order valence-electron chi connectivity index (χ3n) is 4.38. The van der Waals surface area contributed by atoms with Gasteiger partial charge in [-0.3, -0.25) is 0 Å². The number of rotatable bonds is 7. The van der Waals surface area contributed by atoms with Crippen molar-refractivity contribution in [2.45, 2.75) is 27.0 Å². The van der Waals surface area contributed by atoms with Crippen LogP contribution < -0.4 is 14.8 Å². The highest BCUT2D eigenvalue weighted by molar-refractivity contribution is 5.53. The van der Waals surface area contributed by atoms with Crippen LogP contribution in [0.5, 0.6) is 11.5 Å². The van der Waals surface area contributed by atoms with Gasteiger partial charge < -0.3 is 14.8 Å². The molecule has 0 aliphatic heterocycles. The first-order chi connectivity index (χ1) is 13.0. The number of anilines is 1. The third-order valence-corrected chi connectivity index (χ3v) is 4.38. The van der Waals surface area contributed by atoms with Crippen molar-refractivity contribution < 1.29 is 13.9 Å². The fourth-order valence-electron chi connectivity index (χ4n) is 2.94. The number of methoxy groups -OCH3 is 1. The quantitative estimate of drug-likeness (QED) is 0.587. The van der Waals surface area contributed by atoms with E-state index < -0.39 is 0 Å². The highest BCUT2D eigenvalue weighted by Gasteiger charge is 2.07. The summed E-state index contributed by atoms with van der Waals surface area (Å²) in [5, 5.41) is 3.45. The molecule has 0 saturated heterocycles. The molecular weight excluding hydrogens is 341 g/mol. The molecule has 3 rings (SSSR count). The molecule has 0 aromatic heterocycles. The fourth-order valence-corrected chi connectivity index (χ4v) is 2.94. The largest absolute Gasteiger partial charge is 0.493 e. The van der Waals surface area contributed by atoms with Crippen molar-refractivity contribution in [3.63, 3.8) is 0 Å². The Labute approximate surface area is 159 Å². The molecule has 0 heterocycles. The summed E-state index contributed by atoms with van der Waals surface area (Å²) in [6.45, 7) is 5.15. The predicted molar refractivity (Wildman–Crippen MR) is 107 cm³/mol. The summed E-state index contributed by atoms with van der Waals surface area (Å²) in [7, 11) is 1.62. The van der Waals surface area contributed by atoms with Crippen LogP contribution in [0.15, 0.2) is 60.7 Å². The molecule has 3 aromatic carbocycles. The van der Waals surface area contributed by atoms with E-state index in [0.717, 1.165) is 16.8 Å². The molecule has 0 radical (unpaired) electrons. The number of aryl methyl sites for hydroxylation is 2. The zero-order valence-electron chi connectivity index (χ0n) is 15.9. The van der Waals surface area contributed by atoms with E-state index >= 15 is 0 Å². The van der Waals surface area contributed by atoms with Gasteiger partial charge in [-0.05, 0) is 60.9 Å². The second kappa shape index (κ2) is 8.58. The molecule has 3 aromatic rings. The van der Waals surface area contributed by atoms with Crippen molar-refractivity contribution in [2.24, 2.45) is 0 Å². The van der Waals surface area contributed by atoms with Gasteiger partial charge in [-0.15, -0.1) is 0 Å². The average Bonchev–Trinajstić information content (AvgIpc) is 2.66. The van der Waals surface area contributed by atoms with Gasteiger partial charge in [0.25, 0.3) is 0 Å². The fraction of sp³-hybridized carbons (Fsp3) is 0.217. The molecule has 0 bridgehead atoms. The van der Waals surface area contributed by atoms with E-state index in [1.807, 2.05) is 24.3 Å². The van der Waals surface area contributed by atoms with Gasteiger partial charge in [0.05, 0.1) is 7.11 Å². The minimum absolute atomic E-state index is 0.268. The van der Waals surface area contributed by atoms with E-state index in [1.165, 1.54) is 23.3 Å². The number of hydrogen-bond acceptors (Lipinski definition) is 3. The maximum absolute atomic E-state index is 13.3. The summed E-state index contributed by atoms with van der Waals surface area (Å²) < 4.78 is 24.5. The van der Waals surface area contributed by atoms with Crippen LogP contribution in [-0.2, 0) is 13.2 Å². The molecule has 0 aliphatic rings. The molecule has 0 aliphatic carbocycles. The van der Waals surface area contributed by atoms with E-state index in [0.29, 0.717) is 18.0 Å². The van der Waals surface area contributed by atoms with Gasteiger partial charge in [-0.2, -0.15) is 0 Å². The standard InChI is InChI=1S/C23H24FNO2/c1-16-7-9-21(17(2)11-16)25-14-18-8-10-22(23(13-18)26-3)27-15-19-5-4-6-20(24)12-19/h4-13,25H,14-15H2,1-3H3. The van der Waals surface area contributed by atoms with Gasteiger partial charge in [0, 0.05) is 12.2 Å². The van der Waals surface area contributed by atoms with Crippen molar-refractivity contribution in [1.29, 1.82) is 0 Å². The van der Waals surface area contributed by atoms with Gasteiger partial charge >= 0.3 is 0 Å². The predicted octanol–water partition coefficient (Wildman–Crippen LogP) is 5.64. The van der Waals surface area contributed by atoms with Crippen molar-refractivity contribution in [3.8, 4) is 11.5 Å². The topological polar surface area (TPSA) is 30.5 Å². The number of hydrogen-bond donors (Lipinski definition) is 1. The minimum Gasteiger partial charge on any atom is -0.493 e. The van der Waals surface area contributed by atoms with Crippen LogP contribution >= 0.6 is 0 Å². The van der Waals surface area contributed by atoms with Crippen molar-refractivity contribution in [2.75, 3.05) is 12.4 Å². The Bertz CT molecular complexity index is 924. The summed E-state index contributed by atoms with van der Waals surface area (Å²) in [5.74, 6) is 1.03. The number of nitrogens with one attached hydrogen (secondary N) is 1. The smallest absolute Gasteiger partial charge is 0.161 e. The average molecular weight is 365 g/mol. The van der Waals surface area contributed by atoms with Gasteiger partial charge in [0.1, 0.15) is 12.4 Å². The summed E-state index contributed by atoms with van der Waals surface area (Å²) in [5.41, 5.74) is 5.45. The molecule has 4 heteroatoms. The number of halogens is 1. The Balaban J connectivity index is 1.66. The van der Waals surface area contributed by atoms with Gasteiger partial charge in [-0.25, -0.2) is 4.39 Å². The van der Waals surface area contributed by atoms with Crippen LogP contribution in [-0.4, -0.2) is 7.11 Å². The summed E-state index contributed by atoms with van der Waals surface area (Å²) in [4.78, 5) is 0. The highest BCUT2D eigenvalue weighted by atomic mass is 19.1. The van der Waals surface area contributed by atoms with Gasteiger partial charge in [0.2, 0.25) is 0 Å². The van der Waals surface area contributed by atoms with E-state index in [4.69, 9.17) is 9.47 Å². The Kier molecular flexibility index (Phi) is 5.97. The normalized spacial score (nSPS) is 10.5. The lowest BCUT2D eigenvalue weighted by Crippen LogP contribution is -2.03. The lowest BCUT2D eigenvalue weighted by Gasteiger charge is -2.14. The molecule has 0 fully saturated rings. The molecule has 0 unspecified atom stereocenters. The van der Waals surface area contributed by atoms with E-state index in [1.54, 1.807) is 13.2 Å². The SMILES string of the molecule is COc1cc(CNc2ccc(C)cc2C)ccc1OCc1cccc(F)c1. The van der Waals surface area contributed by atoms with Crippen LogP contribution in [0, 0.1) is 19.7 Å². The van der Waals surface area contributed by atoms with E-state index in [-0.39, 0.29) is 12.4 Å². The Hall–Kier alpha value is -3.01. The molecule has 0 saturated carbocycles. The molecule has 0 amide bonds. The molecule has 1 N–H and O–H groups in total. The summed E-state index contributed by atoms with van der Waals surface area (Å²) in [6.07, 6.45) is 0. The second-order valence-corrected chi connectivity index (χ2v) is 6.58. The van der Waals surface area contributed by atoms with Gasteiger partial charge in [-0.1, -0.05) is 35.9 Å². The van der Waals surface area contributed by atoms with Crippen molar-refractivity contribution >= 4 is 5.69 Å². The lowest BCUT2D eigenvalue weighted by atomic mass is 10.1. The monoisotopic (exact) mass is 365 g/mol. The molecule has 3 nitrogen and oxygen atoms in total. The first-order valence-corrected chi connectivity index (χ1v) is 8.90. The molecular formula is C23H24FNO2. The first kappa shape index (κ1) is 18.8. The van der Waals surface area contributed by atoms with Crippen LogP contribution in [0.2, 0.25) is 0 Å².